The maximum atomic E-state index is 11.9. The molecule has 0 aliphatic heterocycles. The highest BCUT2D eigenvalue weighted by molar-refractivity contribution is 5.90. The molecule has 1 heterocycles. The number of rotatable bonds is 3. The van der Waals surface area contributed by atoms with Gasteiger partial charge in [-0.25, -0.2) is 4.79 Å². The van der Waals surface area contributed by atoms with E-state index in [1.807, 2.05) is 42.5 Å². The molecule has 1 aromatic heterocycles. The Balaban J connectivity index is 1.75. The van der Waals surface area contributed by atoms with Crippen molar-refractivity contribution < 1.29 is 9.53 Å². The Hall–Kier alpha value is -3.14. The number of H-pyrrole nitrogens is 1. The second-order valence-electron chi connectivity index (χ2n) is 4.72. The molecule has 3 aromatic rings. The van der Waals surface area contributed by atoms with Crippen LogP contribution in [-0.2, 0) is 0 Å². The SMILES string of the molecule is O=C(Oc1ccc(-c2ccccc2)cc1)c1ccc(=O)[nH]c1. The summed E-state index contributed by atoms with van der Waals surface area (Å²) in [5.41, 5.74) is 2.18. The average molecular weight is 291 g/mol. The summed E-state index contributed by atoms with van der Waals surface area (Å²) in [5.74, 6) is -0.0559. The van der Waals surface area contributed by atoms with Crippen LogP contribution in [0.3, 0.4) is 0 Å². The molecule has 22 heavy (non-hydrogen) atoms. The largest absolute Gasteiger partial charge is 0.423 e. The molecule has 4 heteroatoms. The van der Waals surface area contributed by atoms with Gasteiger partial charge in [-0.15, -0.1) is 0 Å². The first kappa shape index (κ1) is 13.8. The van der Waals surface area contributed by atoms with E-state index >= 15 is 0 Å². The van der Waals surface area contributed by atoms with Crippen molar-refractivity contribution in [3.8, 4) is 16.9 Å². The molecule has 1 N–H and O–H groups in total. The number of hydrogen-bond donors (Lipinski definition) is 1. The van der Waals surface area contributed by atoms with E-state index < -0.39 is 5.97 Å². The first-order valence-corrected chi connectivity index (χ1v) is 6.79. The molecule has 0 aliphatic rings. The van der Waals surface area contributed by atoms with Crippen molar-refractivity contribution in [1.82, 2.24) is 4.98 Å². The third kappa shape index (κ3) is 3.12. The lowest BCUT2D eigenvalue weighted by Crippen LogP contribution is -2.12. The van der Waals surface area contributed by atoms with Gasteiger partial charge in [-0.3, -0.25) is 4.79 Å². The molecular formula is C18H13NO3. The minimum Gasteiger partial charge on any atom is -0.423 e. The van der Waals surface area contributed by atoms with Gasteiger partial charge in [0, 0.05) is 12.3 Å². The summed E-state index contributed by atoms with van der Waals surface area (Å²) in [7, 11) is 0. The second-order valence-corrected chi connectivity index (χ2v) is 4.72. The predicted octanol–water partition coefficient (Wildman–Crippen LogP) is 3.26. The van der Waals surface area contributed by atoms with Gasteiger partial charge in [0.1, 0.15) is 5.75 Å². The zero-order valence-corrected chi connectivity index (χ0v) is 11.7. The average Bonchev–Trinajstić information content (AvgIpc) is 2.57. The number of aromatic nitrogens is 1. The third-order valence-corrected chi connectivity index (χ3v) is 3.19. The van der Waals surface area contributed by atoms with Crippen LogP contribution in [0.1, 0.15) is 10.4 Å². The van der Waals surface area contributed by atoms with Crippen LogP contribution in [0, 0.1) is 0 Å². The first-order valence-electron chi connectivity index (χ1n) is 6.79. The van der Waals surface area contributed by atoms with Crippen molar-refractivity contribution >= 4 is 5.97 Å². The summed E-state index contributed by atoms with van der Waals surface area (Å²) in [6, 6.07) is 19.9. The van der Waals surface area contributed by atoms with Crippen LogP contribution in [-0.4, -0.2) is 11.0 Å². The molecule has 0 bridgehead atoms. The molecule has 0 amide bonds. The normalized spacial score (nSPS) is 10.2. The fraction of sp³-hybridized carbons (Fsp3) is 0. The van der Waals surface area contributed by atoms with E-state index in [0.29, 0.717) is 11.3 Å². The minimum absolute atomic E-state index is 0.260. The van der Waals surface area contributed by atoms with Crippen molar-refractivity contribution in [3.05, 3.63) is 88.8 Å². The topological polar surface area (TPSA) is 59.2 Å². The molecule has 0 radical (unpaired) electrons. The zero-order chi connectivity index (χ0) is 15.4. The van der Waals surface area contributed by atoms with Crippen LogP contribution in [0.2, 0.25) is 0 Å². The minimum atomic E-state index is -0.510. The Bertz CT molecular complexity index is 816. The highest BCUT2D eigenvalue weighted by Crippen LogP contribution is 2.22. The number of aromatic amines is 1. The number of benzene rings is 2. The Kier molecular flexibility index (Phi) is 3.83. The Morgan fingerprint density at radius 2 is 1.50 bits per heavy atom. The van der Waals surface area contributed by atoms with Gasteiger partial charge in [-0.1, -0.05) is 42.5 Å². The number of carbonyl (C=O) groups excluding carboxylic acids is 1. The van der Waals surface area contributed by atoms with Gasteiger partial charge in [0.15, 0.2) is 0 Å². The molecule has 0 atom stereocenters. The van der Waals surface area contributed by atoms with Gasteiger partial charge >= 0.3 is 5.97 Å². The summed E-state index contributed by atoms with van der Waals surface area (Å²) in [6.07, 6.45) is 1.34. The number of carbonyl (C=O) groups is 1. The third-order valence-electron chi connectivity index (χ3n) is 3.19. The number of ether oxygens (including phenoxy) is 1. The van der Waals surface area contributed by atoms with E-state index in [4.69, 9.17) is 4.74 Å². The van der Waals surface area contributed by atoms with Gasteiger partial charge in [0.2, 0.25) is 5.56 Å². The highest BCUT2D eigenvalue weighted by atomic mass is 16.5. The van der Waals surface area contributed by atoms with Crippen LogP contribution in [0.5, 0.6) is 5.75 Å². The predicted molar refractivity (Wildman–Crippen MR) is 83.9 cm³/mol. The summed E-state index contributed by atoms with van der Waals surface area (Å²) in [4.78, 5) is 25.3. The molecule has 0 saturated carbocycles. The Morgan fingerprint density at radius 1 is 0.818 bits per heavy atom. The van der Waals surface area contributed by atoms with Crippen LogP contribution in [0.15, 0.2) is 77.7 Å². The first-order chi connectivity index (χ1) is 10.7. The van der Waals surface area contributed by atoms with E-state index in [1.165, 1.54) is 18.3 Å². The van der Waals surface area contributed by atoms with Gasteiger partial charge in [0.05, 0.1) is 5.56 Å². The molecular weight excluding hydrogens is 278 g/mol. The molecule has 0 unspecified atom stereocenters. The lowest BCUT2D eigenvalue weighted by Gasteiger charge is -2.06. The lowest BCUT2D eigenvalue weighted by molar-refractivity contribution is 0.0734. The summed E-state index contributed by atoms with van der Waals surface area (Å²) in [6.45, 7) is 0. The molecule has 0 saturated heterocycles. The molecule has 2 aromatic carbocycles. The number of hydrogen-bond acceptors (Lipinski definition) is 3. The van der Waals surface area contributed by atoms with E-state index in [-0.39, 0.29) is 5.56 Å². The summed E-state index contributed by atoms with van der Waals surface area (Å²) in [5, 5.41) is 0. The van der Waals surface area contributed by atoms with Gasteiger partial charge < -0.3 is 9.72 Å². The smallest absolute Gasteiger partial charge is 0.345 e. The van der Waals surface area contributed by atoms with Gasteiger partial charge in [-0.2, -0.15) is 0 Å². The Morgan fingerprint density at radius 3 is 2.14 bits per heavy atom. The van der Waals surface area contributed by atoms with Crippen LogP contribution in [0.25, 0.3) is 11.1 Å². The number of esters is 1. The molecule has 0 aliphatic carbocycles. The van der Waals surface area contributed by atoms with Crippen molar-refractivity contribution in [2.24, 2.45) is 0 Å². The van der Waals surface area contributed by atoms with Gasteiger partial charge in [-0.05, 0) is 29.3 Å². The summed E-state index contributed by atoms with van der Waals surface area (Å²) >= 11 is 0. The summed E-state index contributed by atoms with van der Waals surface area (Å²) < 4.78 is 5.27. The van der Waals surface area contributed by atoms with E-state index in [2.05, 4.69) is 4.98 Å². The standard InChI is InChI=1S/C18H13NO3/c20-17-11-8-15(12-19-17)18(21)22-16-9-6-14(7-10-16)13-4-2-1-3-5-13/h1-12H,(H,19,20). The zero-order valence-electron chi connectivity index (χ0n) is 11.7. The quantitative estimate of drug-likeness (QED) is 0.595. The molecule has 0 fully saturated rings. The van der Waals surface area contributed by atoms with Crippen LogP contribution >= 0.6 is 0 Å². The van der Waals surface area contributed by atoms with Gasteiger partial charge in [0.25, 0.3) is 0 Å². The van der Waals surface area contributed by atoms with E-state index in [9.17, 15) is 9.59 Å². The fourth-order valence-electron chi connectivity index (χ4n) is 2.05. The maximum Gasteiger partial charge on any atom is 0.345 e. The second kappa shape index (κ2) is 6.10. The van der Waals surface area contributed by atoms with Crippen LogP contribution < -0.4 is 10.3 Å². The maximum absolute atomic E-state index is 11.9. The number of nitrogens with one attached hydrogen (secondary N) is 1. The van der Waals surface area contributed by atoms with Crippen molar-refractivity contribution in [2.45, 2.75) is 0 Å². The Labute approximate surface area is 127 Å². The molecule has 4 nitrogen and oxygen atoms in total. The number of pyridine rings is 1. The fourth-order valence-corrected chi connectivity index (χ4v) is 2.05. The lowest BCUT2D eigenvalue weighted by atomic mass is 10.1. The van der Waals surface area contributed by atoms with Crippen molar-refractivity contribution in [2.75, 3.05) is 0 Å². The van der Waals surface area contributed by atoms with Crippen molar-refractivity contribution in [3.63, 3.8) is 0 Å². The molecule has 108 valence electrons. The molecule has 0 spiro atoms. The van der Waals surface area contributed by atoms with E-state index in [1.54, 1.807) is 12.1 Å². The van der Waals surface area contributed by atoms with E-state index in [0.717, 1.165) is 11.1 Å². The highest BCUT2D eigenvalue weighted by Gasteiger charge is 2.08. The monoisotopic (exact) mass is 291 g/mol. The molecule has 3 rings (SSSR count). The van der Waals surface area contributed by atoms with Crippen LogP contribution in [0.4, 0.5) is 0 Å². The van der Waals surface area contributed by atoms with Crippen molar-refractivity contribution in [1.29, 1.82) is 0 Å².